The number of likely N-dealkylation sites (tertiary alicyclic amines) is 1. The highest BCUT2D eigenvalue weighted by molar-refractivity contribution is 5.98. The molecule has 1 N–H and O–H groups in total. The number of hydrogen-bond donors (Lipinski definition) is 1. The van der Waals surface area contributed by atoms with Gasteiger partial charge in [0.05, 0.1) is 0 Å². The molecule has 0 spiro atoms. The molecule has 1 heterocycles. The average molecular weight is 427 g/mol. The third kappa shape index (κ3) is 4.94. The van der Waals surface area contributed by atoms with Gasteiger partial charge in [0.25, 0.3) is 5.91 Å². The van der Waals surface area contributed by atoms with Crippen LogP contribution in [0.3, 0.4) is 0 Å². The zero-order chi connectivity index (χ0) is 22.5. The molecule has 0 bridgehead atoms. The number of ketones is 1. The van der Waals surface area contributed by atoms with Gasteiger partial charge in [0.1, 0.15) is 0 Å². The van der Waals surface area contributed by atoms with Gasteiger partial charge >= 0.3 is 0 Å². The molecule has 5 nitrogen and oxygen atoms in total. The summed E-state index contributed by atoms with van der Waals surface area (Å²) >= 11 is 0. The predicted octanol–water partition coefficient (Wildman–Crippen LogP) is 5.05. The minimum atomic E-state index is -0.152. The molecule has 3 aromatic rings. The number of carbonyl (C=O) groups excluding carboxylic acids is 3. The highest BCUT2D eigenvalue weighted by Gasteiger charge is 2.28. The van der Waals surface area contributed by atoms with E-state index in [9.17, 15) is 14.4 Å². The van der Waals surface area contributed by atoms with Gasteiger partial charge in [0, 0.05) is 35.8 Å². The van der Waals surface area contributed by atoms with Gasteiger partial charge in [-0.25, -0.2) is 0 Å². The van der Waals surface area contributed by atoms with Crippen LogP contribution in [0, 0.1) is 5.92 Å². The minimum Gasteiger partial charge on any atom is -0.339 e. The van der Waals surface area contributed by atoms with Crippen molar-refractivity contribution in [1.82, 2.24) is 4.90 Å². The van der Waals surface area contributed by atoms with E-state index in [1.807, 2.05) is 59.5 Å². The van der Waals surface area contributed by atoms with Crippen LogP contribution >= 0.6 is 0 Å². The lowest BCUT2D eigenvalue weighted by molar-refractivity contribution is -0.121. The van der Waals surface area contributed by atoms with Gasteiger partial charge in [-0.3, -0.25) is 14.4 Å². The predicted molar refractivity (Wildman–Crippen MR) is 126 cm³/mol. The van der Waals surface area contributed by atoms with E-state index in [0.29, 0.717) is 42.7 Å². The van der Waals surface area contributed by atoms with E-state index < -0.39 is 0 Å². The van der Waals surface area contributed by atoms with Crippen molar-refractivity contribution in [3.05, 3.63) is 90.0 Å². The summed E-state index contributed by atoms with van der Waals surface area (Å²) < 4.78 is 0. The lowest BCUT2D eigenvalue weighted by atomic mass is 9.95. The second-order valence-corrected chi connectivity index (χ2v) is 8.14. The monoisotopic (exact) mass is 426 g/mol. The third-order valence-electron chi connectivity index (χ3n) is 5.93. The number of nitrogens with one attached hydrogen (secondary N) is 1. The topological polar surface area (TPSA) is 66.5 Å². The largest absolute Gasteiger partial charge is 0.339 e. The smallest absolute Gasteiger partial charge is 0.253 e. The van der Waals surface area contributed by atoms with E-state index in [2.05, 4.69) is 5.32 Å². The van der Waals surface area contributed by atoms with Gasteiger partial charge in [0.15, 0.2) is 5.78 Å². The quantitative estimate of drug-likeness (QED) is 0.581. The SMILES string of the molecule is CC(=O)c1cccc(NC(=O)C2CCN(C(=O)c3ccc(-c4ccccc4)cc3)CC2)c1. The first-order chi connectivity index (χ1) is 15.5. The molecule has 4 rings (SSSR count). The molecule has 0 radical (unpaired) electrons. The summed E-state index contributed by atoms with van der Waals surface area (Å²) in [6.07, 6.45) is 1.23. The Kier molecular flexibility index (Phi) is 6.45. The number of anilines is 1. The Morgan fingerprint density at radius 2 is 1.44 bits per heavy atom. The van der Waals surface area contributed by atoms with Crippen molar-refractivity contribution in [2.24, 2.45) is 5.92 Å². The molecular formula is C27H26N2O3. The summed E-state index contributed by atoms with van der Waals surface area (Å²) in [4.78, 5) is 38.9. The average Bonchev–Trinajstić information content (AvgIpc) is 2.84. The van der Waals surface area contributed by atoms with Gasteiger partial charge in [-0.15, -0.1) is 0 Å². The first-order valence-electron chi connectivity index (χ1n) is 10.9. The van der Waals surface area contributed by atoms with Crippen LogP contribution in [-0.4, -0.2) is 35.6 Å². The van der Waals surface area contributed by atoms with Gasteiger partial charge in [-0.1, -0.05) is 54.6 Å². The van der Waals surface area contributed by atoms with Crippen LogP contribution in [0.15, 0.2) is 78.9 Å². The molecular weight excluding hydrogens is 400 g/mol. The zero-order valence-corrected chi connectivity index (χ0v) is 18.1. The summed E-state index contributed by atoms with van der Waals surface area (Å²) in [6, 6.07) is 24.7. The first-order valence-corrected chi connectivity index (χ1v) is 10.9. The molecule has 32 heavy (non-hydrogen) atoms. The second-order valence-electron chi connectivity index (χ2n) is 8.14. The van der Waals surface area contributed by atoms with Crippen LogP contribution in [0.1, 0.15) is 40.5 Å². The van der Waals surface area contributed by atoms with Gasteiger partial charge in [0.2, 0.25) is 5.91 Å². The normalized spacial score (nSPS) is 14.1. The molecule has 1 aliphatic rings. The van der Waals surface area contributed by atoms with Crippen molar-refractivity contribution in [1.29, 1.82) is 0 Å². The zero-order valence-electron chi connectivity index (χ0n) is 18.1. The maximum atomic E-state index is 12.9. The van der Waals surface area contributed by atoms with Crippen LogP contribution in [-0.2, 0) is 4.79 Å². The van der Waals surface area contributed by atoms with Crippen molar-refractivity contribution < 1.29 is 14.4 Å². The number of benzene rings is 3. The molecule has 0 saturated carbocycles. The van der Waals surface area contributed by atoms with Crippen molar-refractivity contribution in [3.63, 3.8) is 0 Å². The van der Waals surface area contributed by atoms with Crippen LogP contribution < -0.4 is 5.32 Å². The fraction of sp³-hybridized carbons (Fsp3) is 0.222. The number of Topliss-reactive ketones (excluding diaryl/α,β-unsaturated/α-hetero) is 1. The van der Waals surface area contributed by atoms with Crippen molar-refractivity contribution in [3.8, 4) is 11.1 Å². The Morgan fingerprint density at radius 3 is 2.09 bits per heavy atom. The van der Waals surface area contributed by atoms with Crippen molar-refractivity contribution in [2.75, 3.05) is 18.4 Å². The highest BCUT2D eigenvalue weighted by Crippen LogP contribution is 2.23. The Hall–Kier alpha value is -3.73. The lowest BCUT2D eigenvalue weighted by Crippen LogP contribution is -2.41. The number of piperidine rings is 1. The van der Waals surface area contributed by atoms with E-state index in [1.165, 1.54) is 6.92 Å². The third-order valence-corrected chi connectivity index (χ3v) is 5.93. The fourth-order valence-electron chi connectivity index (χ4n) is 4.02. The number of rotatable bonds is 5. The number of amides is 2. The molecule has 162 valence electrons. The number of carbonyl (C=O) groups is 3. The number of hydrogen-bond acceptors (Lipinski definition) is 3. The highest BCUT2D eigenvalue weighted by atomic mass is 16.2. The maximum absolute atomic E-state index is 12.9. The van der Waals surface area contributed by atoms with E-state index >= 15 is 0 Å². The van der Waals surface area contributed by atoms with E-state index in [1.54, 1.807) is 24.3 Å². The Morgan fingerprint density at radius 1 is 0.781 bits per heavy atom. The molecule has 0 aliphatic carbocycles. The molecule has 0 unspecified atom stereocenters. The minimum absolute atomic E-state index is 0.00220. The van der Waals surface area contributed by atoms with Crippen molar-refractivity contribution in [2.45, 2.75) is 19.8 Å². The molecule has 5 heteroatoms. The molecule has 1 saturated heterocycles. The molecule has 2 amide bonds. The summed E-state index contributed by atoms with van der Waals surface area (Å²) in [7, 11) is 0. The second kappa shape index (κ2) is 9.60. The van der Waals surface area contributed by atoms with Crippen molar-refractivity contribution >= 4 is 23.3 Å². The molecule has 0 atom stereocenters. The maximum Gasteiger partial charge on any atom is 0.253 e. The summed E-state index contributed by atoms with van der Waals surface area (Å²) in [5.41, 5.74) is 4.05. The summed E-state index contributed by atoms with van der Waals surface area (Å²) in [6.45, 7) is 2.60. The molecule has 3 aromatic carbocycles. The van der Waals surface area contributed by atoms with Gasteiger partial charge in [-0.2, -0.15) is 0 Å². The van der Waals surface area contributed by atoms with Gasteiger partial charge in [-0.05, 0) is 55.2 Å². The van der Waals surface area contributed by atoms with E-state index in [-0.39, 0.29) is 23.5 Å². The molecule has 1 fully saturated rings. The van der Waals surface area contributed by atoms with E-state index in [0.717, 1.165) is 11.1 Å². The molecule has 0 aromatic heterocycles. The number of nitrogens with zero attached hydrogens (tertiary/aromatic N) is 1. The van der Waals surface area contributed by atoms with Gasteiger partial charge < -0.3 is 10.2 Å². The first kappa shape index (κ1) is 21.5. The Bertz CT molecular complexity index is 1120. The standard InChI is InChI=1S/C27H26N2O3/c1-19(30)24-8-5-9-25(18-24)28-26(31)22-14-16-29(17-15-22)27(32)23-12-10-21(11-13-23)20-6-3-2-4-7-20/h2-13,18,22H,14-17H2,1H3,(H,28,31). The van der Waals surface area contributed by atoms with Crippen LogP contribution in [0.25, 0.3) is 11.1 Å². The molecule has 1 aliphatic heterocycles. The lowest BCUT2D eigenvalue weighted by Gasteiger charge is -2.31. The summed E-state index contributed by atoms with van der Waals surface area (Å²) in [5, 5.41) is 2.91. The Balaban J connectivity index is 1.33. The fourth-order valence-corrected chi connectivity index (χ4v) is 4.02. The Labute approximate surface area is 188 Å². The summed E-state index contributed by atoms with van der Waals surface area (Å²) in [5.74, 6) is -0.257. The van der Waals surface area contributed by atoms with E-state index in [4.69, 9.17) is 0 Å². The van der Waals surface area contributed by atoms with Crippen LogP contribution in [0.2, 0.25) is 0 Å². The van der Waals surface area contributed by atoms with Crippen LogP contribution in [0.4, 0.5) is 5.69 Å². The van der Waals surface area contributed by atoms with Crippen LogP contribution in [0.5, 0.6) is 0 Å².